The Bertz CT molecular complexity index is 781. The van der Waals surface area contributed by atoms with Gasteiger partial charge in [-0.3, -0.25) is 9.59 Å². The van der Waals surface area contributed by atoms with E-state index in [1.165, 1.54) is 0 Å². The van der Waals surface area contributed by atoms with Gasteiger partial charge in [0.05, 0.1) is 30.3 Å². The summed E-state index contributed by atoms with van der Waals surface area (Å²) in [4.78, 5) is 25.2. The van der Waals surface area contributed by atoms with Crippen LogP contribution in [0.15, 0.2) is 0 Å². The first-order valence-electron chi connectivity index (χ1n) is 12.3. The lowest BCUT2D eigenvalue weighted by Gasteiger charge is -2.56. The number of carbonyl (C=O) groups excluding carboxylic acids is 2. The molecule has 4 aliphatic carbocycles. The fraction of sp³-hybridized carbons (Fsp3) is 0.913. The molecule has 6 atom stereocenters. The van der Waals surface area contributed by atoms with Gasteiger partial charge in [0.2, 0.25) is 11.8 Å². The molecule has 5 rings (SSSR count). The number of halogens is 5. The molecular weight excluding hydrogens is 479 g/mol. The molecule has 0 radical (unpaired) electrons. The van der Waals surface area contributed by atoms with Crippen molar-refractivity contribution in [3.05, 3.63) is 0 Å². The van der Waals surface area contributed by atoms with Gasteiger partial charge < -0.3 is 25.2 Å². The number of amides is 2. The van der Waals surface area contributed by atoms with Crippen molar-refractivity contribution in [1.29, 1.82) is 0 Å². The molecule has 1 aliphatic heterocycles. The quantitative estimate of drug-likeness (QED) is 0.476. The maximum absolute atomic E-state index is 13.5. The predicted octanol–water partition coefficient (Wildman–Crippen LogP) is 2.64. The molecule has 5 aliphatic rings. The van der Waals surface area contributed by atoms with E-state index in [1.807, 2.05) is 0 Å². The molecule has 2 amide bonds. The van der Waals surface area contributed by atoms with Crippen LogP contribution in [0.5, 0.6) is 0 Å². The molecule has 4 saturated carbocycles. The fourth-order valence-corrected chi connectivity index (χ4v) is 5.92. The lowest BCUT2D eigenvalue weighted by atomic mass is 9.59. The predicted molar refractivity (Wildman–Crippen MR) is 113 cm³/mol. The topological polar surface area (TPSA) is 96.9 Å². The number of aliphatic hydroxyl groups excluding tert-OH is 1. The molecule has 2 bridgehead atoms. The number of nitrogens with one attached hydrogen (secondary N) is 2. The molecule has 200 valence electrons. The van der Waals surface area contributed by atoms with Crippen LogP contribution in [-0.2, 0) is 19.1 Å². The summed E-state index contributed by atoms with van der Waals surface area (Å²) in [5.74, 6) is -2.50. The monoisotopic (exact) mass is 512 g/mol. The second-order valence-electron chi connectivity index (χ2n) is 10.6. The molecule has 35 heavy (non-hydrogen) atoms. The third kappa shape index (κ3) is 5.90. The molecule has 1 saturated heterocycles. The van der Waals surface area contributed by atoms with Crippen molar-refractivity contribution >= 4 is 11.8 Å². The van der Waals surface area contributed by atoms with Gasteiger partial charge in [0.15, 0.2) is 0 Å². The van der Waals surface area contributed by atoms with Crippen LogP contribution in [-0.4, -0.2) is 78.0 Å². The van der Waals surface area contributed by atoms with Gasteiger partial charge in [0.1, 0.15) is 25.1 Å². The van der Waals surface area contributed by atoms with Crippen LogP contribution in [0.1, 0.15) is 64.2 Å². The Morgan fingerprint density at radius 2 is 1.71 bits per heavy atom. The van der Waals surface area contributed by atoms with Crippen LogP contribution in [0.4, 0.5) is 22.0 Å². The summed E-state index contributed by atoms with van der Waals surface area (Å²) in [7, 11) is 0. The summed E-state index contributed by atoms with van der Waals surface area (Å²) in [6.07, 6.45) is -7.80. The molecule has 0 aromatic rings. The van der Waals surface area contributed by atoms with E-state index in [1.54, 1.807) is 0 Å². The maximum atomic E-state index is 13.5. The number of alkyl halides is 5. The second-order valence-corrected chi connectivity index (χ2v) is 10.6. The van der Waals surface area contributed by atoms with Gasteiger partial charge in [-0.2, -0.15) is 13.2 Å². The highest BCUT2D eigenvalue weighted by Crippen LogP contribution is 2.47. The molecule has 0 aromatic heterocycles. The van der Waals surface area contributed by atoms with E-state index < -0.39 is 72.2 Å². The Morgan fingerprint density at radius 3 is 2.29 bits per heavy atom. The second kappa shape index (κ2) is 10.1. The summed E-state index contributed by atoms with van der Waals surface area (Å²) < 4.78 is 76.0. The highest BCUT2D eigenvalue weighted by atomic mass is 19.4. The van der Waals surface area contributed by atoms with Crippen LogP contribution in [0, 0.1) is 5.92 Å². The lowest BCUT2D eigenvalue weighted by Crippen LogP contribution is -2.71. The number of fused-ring (bicyclic) bond motifs is 3. The Balaban J connectivity index is 1.24. The minimum absolute atomic E-state index is 0.0433. The minimum atomic E-state index is -4.36. The van der Waals surface area contributed by atoms with Crippen molar-refractivity contribution < 1.29 is 46.1 Å². The third-order valence-corrected chi connectivity index (χ3v) is 8.22. The van der Waals surface area contributed by atoms with E-state index in [9.17, 15) is 36.6 Å². The number of hydrogen-bond acceptors (Lipinski definition) is 5. The van der Waals surface area contributed by atoms with E-state index in [-0.39, 0.29) is 38.7 Å². The molecule has 6 unspecified atom stereocenters. The summed E-state index contributed by atoms with van der Waals surface area (Å²) in [5, 5.41) is 16.6. The largest absolute Gasteiger partial charge is 0.394 e. The molecule has 0 spiro atoms. The van der Waals surface area contributed by atoms with Crippen molar-refractivity contribution in [2.45, 2.75) is 112 Å². The summed E-state index contributed by atoms with van der Waals surface area (Å²) in [5.41, 5.74) is -1.57. The zero-order valence-corrected chi connectivity index (χ0v) is 19.4. The van der Waals surface area contributed by atoms with Gasteiger partial charge in [0, 0.05) is 12.0 Å². The lowest BCUT2D eigenvalue weighted by molar-refractivity contribution is -0.209. The van der Waals surface area contributed by atoms with Crippen LogP contribution < -0.4 is 10.6 Å². The Kier molecular flexibility index (Phi) is 7.64. The van der Waals surface area contributed by atoms with Crippen LogP contribution in [0.2, 0.25) is 0 Å². The van der Waals surface area contributed by atoms with Gasteiger partial charge in [0.25, 0.3) is 0 Å². The molecule has 12 heteroatoms. The average molecular weight is 513 g/mol. The average Bonchev–Trinajstić information content (AvgIpc) is 2.80. The molecule has 7 nitrogen and oxygen atoms in total. The highest BCUT2D eigenvalue weighted by Gasteiger charge is 2.56. The van der Waals surface area contributed by atoms with Gasteiger partial charge in [-0.25, -0.2) is 8.78 Å². The Morgan fingerprint density at radius 1 is 1.00 bits per heavy atom. The van der Waals surface area contributed by atoms with Gasteiger partial charge in [-0.15, -0.1) is 0 Å². The maximum Gasteiger partial charge on any atom is 0.394 e. The van der Waals surface area contributed by atoms with E-state index in [2.05, 4.69) is 10.6 Å². The zero-order valence-electron chi connectivity index (χ0n) is 19.4. The number of ether oxygens (including phenoxy) is 2. The molecular formula is C23H33F5N2O5. The van der Waals surface area contributed by atoms with E-state index in [0.29, 0.717) is 32.1 Å². The van der Waals surface area contributed by atoms with Crippen LogP contribution in [0.3, 0.4) is 0 Å². The van der Waals surface area contributed by atoms with Crippen molar-refractivity contribution in [2.24, 2.45) is 5.92 Å². The number of carbonyl (C=O) groups is 2. The number of hydrogen-bond donors (Lipinski definition) is 3. The van der Waals surface area contributed by atoms with Gasteiger partial charge in [-0.1, -0.05) is 0 Å². The number of aliphatic hydroxyl groups is 1. The minimum Gasteiger partial charge on any atom is -0.391 e. The first-order chi connectivity index (χ1) is 16.4. The number of rotatable bonds is 6. The third-order valence-electron chi connectivity index (χ3n) is 8.22. The zero-order chi connectivity index (χ0) is 25.4. The van der Waals surface area contributed by atoms with Crippen LogP contribution in [0.25, 0.3) is 0 Å². The van der Waals surface area contributed by atoms with E-state index in [0.717, 1.165) is 0 Å². The molecule has 3 N–H and O–H groups in total. The first kappa shape index (κ1) is 26.5. The van der Waals surface area contributed by atoms with Crippen molar-refractivity contribution in [2.75, 3.05) is 13.2 Å². The fourth-order valence-electron chi connectivity index (χ4n) is 5.92. The highest BCUT2D eigenvalue weighted by molar-refractivity contribution is 5.82. The smallest absolute Gasteiger partial charge is 0.391 e. The summed E-state index contributed by atoms with van der Waals surface area (Å²) in [6, 6.07) is 0. The summed E-state index contributed by atoms with van der Waals surface area (Å²) >= 11 is 0. The first-order valence-corrected chi connectivity index (χ1v) is 12.3. The standard InChI is InChI=1S/C23H33F5N2O5/c24-15-3-2-14(9-16(15)25)34-12-19(32)29-21-5-7-22(8-6-21,18(31)10-21)30-20(33)17-4-1-13(11-35-17)23(26,27)28/h13-18,31H,1-12H2,(H,29,32)(H,30,33). The van der Waals surface area contributed by atoms with Crippen LogP contribution >= 0.6 is 0 Å². The van der Waals surface area contributed by atoms with Crippen molar-refractivity contribution in [1.82, 2.24) is 10.6 Å². The van der Waals surface area contributed by atoms with Gasteiger partial charge in [-0.05, 0) is 57.8 Å². The van der Waals surface area contributed by atoms with Crippen molar-refractivity contribution in [3.8, 4) is 0 Å². The van der Waals surface area contributed by atoms with E-state index in [4.69, 9.17) is 9.47 Å². The van der Waals surface area contributed by atoms with E-state index >= 15 is 0 Å². The van der Waals surface area contributed by atoms with Crippen molar-refractivity contribution in [3.63, 3.8) is 0 Å². The Labute approximate surface area is 200 Å². The Hall–Kier alpha value is -1.53. The molecule has 1 heterocycles. The normalized spacial score (nSPS) is 41.9. The SMILES string of the molecule is O=C(COC1CCC(F)C(F)C1)NC12CCC(NC(=O)C3CCC(C(F)(F)F)CO3)(CC1)C(O)C2. The van der Waals surface area contributed by atoms with Gasteiger partial charge >= 0.3 is 6.18 Å². The molecule has 0 aromatic carbocycles. The molecule has 5 fully saturated rings. The summed E-state index contributed by atoms with van der Waals surface area (Å²) in [6.45, 7) is -0.846.